The second-order valence-electron chi connectivity index (χ2n) is 6.63. The summed E-state index contributed by atoms with van der Waals surface area (Å²) in [5.74, 6) is 1.39. The minimum absolute atomic E-state index is 0.0445. The van der Waals surface area contributed by atoms with Crippen LogP contribution in [-0.2, 0) is 11.2 Å². The number of benzene rings is 1. The highest BCUT2D eigenvalue weighted by molar-refractivity contribution is 5.95. The van der Waals surface area contributed by atoms with Gasteiger partial charge in [-0.2, -0.15) is 0 Å². The lowest BCUT2D eigenvalue weighted by Gasteiger charge is -2.38. The number of ether oxygens (including phenoxy) is 1. The third kappa shape index (κ3) is 3.25. The summed E-state index contributed by atoms with van der Waals surface area (Å²) in [6.07, 6.45) is 4.06. The molecule has 0 aromatic heterocycles. The van der Waals surface area contributed by atoms with Crippen LogP contribution in [0.15, 0.2) is 18.2 Å². The van der Waals surface area contributed by atoms with Gasteiger partial charge in [-0.15, -0.1) is 0 Å². The lowest BCUT2D eigenvalue weighted by Crippen LogP contribution is -2.52. The molecule has 3 rings (SSSR count). The van der Waals surface area contributed by atoms with Gasteiger partial charge >= 0.3 is 0 Å². The highest BCUT2D eigenvalue weighted by Crippen LogP contribution is 2.28. The lowest BCUT2D eigenvalue weighted by molar-refractivity contribution is -0.139. The maximum atomic E-state index is 12.7. The van der Waals surface area contributed by atoms with Crippen LogP contribution in [0.5, 0.6) is 5.75 Å². The van der Waals surface area contributed by atoms with Crippen molar-refractivity contribution >= 4 is 11.8 Å². The van der Waals surface area contributed by atoms with Crippen molar-refractivity contribution < 1.29 is 14.3 Å². The van der Waals surface area contributed by atoms with Crippen molar-refractivity contribution in [2.45, 2.75) is 32.6 Å². The molecule has 0 atom stereocenters. The molecule has 2 fully saturated rings. The fourth-order valence-electron chi connectivity index (χ4n) is 3.41. The van der Waals surface area contributed by atoms with Gasteiger partial charge in [0, 0.05) is 37.7 Å². The molecule has 0 N–H and O–H groups in total. The van der Waals surface area contributed by atoms with Crippen LogP contribution >= 0.6 is 0 Å². The molecular weight excluding hydrogens is 304 g/mol. The topological polar surface area (TPSA) is 49.9 Å². The van der Waals surface area contributed by atoms with Gasteiger partial charge in [0.2, 0.25) is 5.91 Å². The van der Waals surface area contributed by atoms with E-state index in [-0.39, 0.29) is 17.7 Å². The first-order valence-corrected chi connectivity index (χ1v) is 8.89. The number of carbonyl (C=O) groups excluding carboxylic acids is 2. The zero-order valence-electron chi connectivity index (χ0n) is 14.6. The summed E-state index contributed by atoms with van der Waals surface area (Å²) in [6.45, 7) is 4.59. The maximum Gasteiger partial charge on any atom is 0.253 e. The second-order valence-corrected chi connectivity index (χ2v) is 6.63. The van der Waals surface area contributed by atoms with Crippen LogP contribution in [0.4, 0.5) is 0 Å². The van der Waals surface area contributed by atoms with E-state index in [9.17, 15) is 9.59 Å². The molecule has 0 spiro atoms. The van der Waals surface area contributed by atoms with E-state index in [1.165, 1.54) is 6.42 Å². The standard InChI is InChI=1S/C19H26N2O3/c1-3-14-13-16(7-8-17(14)24-2)19(23)21-11-9-20(10-12-21)18(22)15-5-4-6-15/h7-8,13,15H,3-6,9-12H2,1-2H3. The third-order valence-corrected chi connectivity index (χ3v) is 5.24. The normalized spacial score (nSPS) is 18.2. The minimum Gasteiger partial charge on any atom is -0.496 e. The van der Waals surface area contributed by atoms with Gasteiger partial charge in [0.25, 0.3) is 5.91 Å². The molecule has 1 saturated heterocycles. The van der Waals surface area contributed by atoms with E-state index in [4.69, 9.17) is 4.74 Å². The van der Waals surface area contributed by atoms with Crippen molar-refractivity contribution in [2.75, 3.05) is 33.3 Å². The highest BCUT2D eigenvalue weighted by atomic mass is 16.5. The largest absolute Gasteiger partial charge is 0.496 e. The number of rotatable bonds is 4. The zero-order valence-corrected chi connectivity index (χ0v) is 14.6. The average Bonchev–Trinajstić information content (AvgIpc) is 2.59. The minimum atomic E-state index is 0.0445. The summed E-state index contributed by atoms with van der Waals surface area (Å²) in [5.41, 5.74) is 1.74. The molecule has 2 amide bonds. The van der Waals surface area contributed by atoms with E-state index in [0.717, 1.165) is 30.6 Å². The number of piperazine rings is 1. The number of hydrogen-bond acceptors (Lipinski definition) is 3. The number of nitrogens with zero attached hydrogens (tertiary/aromatic N) is 2. The molecule has 0 bridgehead atoms. The van der Waals surface area contributed by atoms with Crippen LogP contribution in [0.1, 0.15) is 42.1 Å². The second kappa shape index (κ2) is 7.24. The van der Waals surface area contributed by atoms with Crippen molar-refractivity contribution in [3.63, 3.8) is 0 Å². The Morgan fingerprint density at radius 1 is 1.12 bits per heavy atom. The van der Waals surface area contributed by atoms with Gasteiger partial charge in [-0.25, -0.2) is 0 Å². The van der Waals surface area contributed by atoms with Crippen LogP contribution in [-0.4, -0.2) is 54.9 Å². The number of amides is 2. The number of carbonyl (C=O) groups is 2. The summed E-state index contributed by atoms with van der Waals surface area (Å²) in [6, 6.07) is 5.61. The molecule has 1 aliphatic carbocycles. The predicted octanol–water partition coefficient (Wildman–Crippen LogP) is 2.34. The summed E-state index contributed by atoms with van der Waals surface area (Å²) >= 11 is 0. The Bertz CT molecular complexity index is 617. The van der Waals surface area contributed by atoms with Gasteiger partial charge in [0.05, 0.1) is 7.11 Å². The SMILES string of the molecule is CCc1cc(C(=O)N2CCN(C(=O)C3CCC3)CC2)ccc1OC. The number of hydrogen-bond donors (Lipinski definition) is 0. The summed E-state index contributed by atoms with van der Waals surface area (Å²) in [5, 5.41) is 0. The monoisotopic (exact) mass is 330 g/mol. The van der Waals surface area contributed by atoms with E-state index in [2.05, 4.69) is 6.92 Å². The third-order valence-electron chi connectivity index (χ3n) is 5.24. The Hall–Kier alpha value is -2.04. The first kappa shape index (κ1) is 16.8. The van der Waals surface area contributed by atoms with Crippen molar-refractivity contribution in [1.29, 1.82) is 0 Å². The van der Waals surface area contributed by atoms with Crippen molar-refractivity contribution in [3.05, 3.63) is 29.3 Å². The summed E-state index contributed by atoms with van der Waals surface area (Å²) in [7, 11) is 1.65. The molecule has 1 saturated carbocycles. The Kier molecular flexibility index (Phi) is 5.07. The molecule has 5 heteroatoms. The first-order valence-electron chi connectivity index (χ1n) is 8.89. The fraction of sp³-hybridized carbons (Fsp3) is 0.579. The highest BCUT2D eigenvalue weighted by Gasteiger charge is 2.32. The van der Waals surface area contributed by atoms with Crippen molar-refractivity contribution in [1.82, 2.24) is 9.80 Å². The van der Waals surface area contributed by atoms with Crippen LogP contribution in [0.2, 0.25) is 0 Å². The Balaban J connectivity index is 1.61. The number of aryl methyl sites for hydroxylation is 1. The Labute approximate surface area is 143 Å². The van der Waals surface area contributed by atoms with Crippen LogP contribution < -0.4 is 4.74 Å². The Morgan fingerprint density at radius 2 is 1.79 bits per heavy atom. The van der Waals surface area contributed by atoms with Gasteiger partial charge in [-0.1, -0.05) is 13.3 Å². The molecule has 5 nitrogen and oxygen atoms in total. The Morgan fingerprint density at radius 3 is 2.33 bits per heavy atom. The molecule has 130 valence electrons. The quantitative estimate of drug-likeness (QED) is 0.851. The predicted molar refractivity (Wildman–Crippen MR) is 92.2 cm³/mol. The molecule has 1 heterocycles. The van der Waals surface area contributed by atoms with Crippen LogP contribution in [0, 0.1) is 5.92 Å². The van der Waals surface area contributed by atoms with Gasteiger partial charge in [-0.3, -0.25) is 9.59 Å². The first-order chi connectivity index (χ1) is 11.6. The van der Waals surface area contributed by atoms with Gasteiger partial charge in [0.1, 0.15) is 5.75 Å². The molecule has 1 aliphatic heterocycles. The molecule has 1 aromatic carbocycles. The van der Waals surface area contributed by atoms with Gasteiger partial charge in [-0.05, 0) is 43.0 Å². The van der Waals surface area contributed by atoms with E-state index in [0.29, 0.717) is 31.7 Å². The van der Waals surface area contributed by atoms with E-state index >= 15 is 0 Å². The zero-order chi connectivity index (χ0) is 17.1. The van der Waals surface area contributed by atoms with Gasteiger partial charge < -0.3 is 14.5 Å². The molecule has 0 unspecified atom stereocenters. The molecule has 24 heavy (non-hydrogen) atoms. The number of methoxy groups -OCH3 is 1. The van der Waals surface area contributed by atoms with Crippen LogP contribution in [0.3, 0.4) is 0 Å². The molecule has 2 aliphatic rings. The van der Waals surface area contributed by atoms with E-state index in [1.807, 2.05) is 28.0 Å². The summed E-state index contributed by atoms with van der Waals surface area (Å²) in [4.78, 5) is 28.8. The molecule has 1 aromatic rings. The van der Waals surface area contributed by atoms with Crippen molar-refractivity contribution in [3.8, 4) is 5.75 Å². The molecular formula is C19H26N2O3. The van der Waals surface area contributed by atoms with Crippen molar-refractivity contribution in [2.24, 2.45) is 5.92 Å². The molecule has 0 radical (unpaired) electrons. The lowest BCUT2D eigenvalue weighted by atomic mass is 9.84. The van der Waals surface area contributed by atoms with Gasteiger partial charge in [0.15, 0.2) is 0 Å². The smallest absolute Gasteiger partial charge is 0.253 e. The van der Waals surface area contributed by atoms with Crippen LogP contribution in [0.25, 0.3) is 0 Å². The maximum absolute atomic E-state index is 12.7. The average molecular weight is 330 g/mol. The fourth-order valence-corrected chi connectivity index (χ4v) is 3.41. The summed E-state index contributed by atoms with van der Waals surface area (Å²) < 4.78 is 5.33. The van der Waals surface area contributed by atoms with E-state index < -0.39 is 0 Å². The van der Waals surface area contributed by atoms with E-state index in [1.54, 1.807) is 7.11 Å².